The Morgan fingerprint density at radius 1 is 1.02 bits per heavy atom. The van der Waals surface area contributed by atoms with Crippen molar-refractivity contribution in [1.29, 1.82) is 0 Å². The normalized spacial score (nSPS) is 20.3. The summed E-state index contributed by atoms with van der Waals surface area (Å²) < 4.78 is 6.32. The topological polar surface area (TPSA) is 91.1 Å². The summed E-state index contributed by atoms with van der Waals surface area (Å²) in [6, 6.07) is 12.8. The highest BCUT2D eigenvalue weighted by molar-refractivity contribution is 5.86. The van der Waals surface area contributed by atoms with Gasteiger partial charge in [0.25, 0.3) is 0 Å². The number of nitrogen functional groups attached to an aromatic ring is 1. The Hall–Kier alpha value is -3.78. The van der Waals surface area contributed by atoms with Gasteiger partial charge < -0.3 is 30.5 Å². The smallest absolute Gasteiger partial charge is 0.226 e. The van der Waals surface area contributed by atoms with Gasteiger partial charge in [0, 0.05) is 68.4 Å². The number of hydrogen-bond acceptors (Lipinski definition) is 6. The molecule has 2 aromatic rings. The van der Waals surface area contributed by atoms with Gasteiger partial charge in [0.05, 0.1) is 5.92 Å². The molecule has 1 spiro atoms. The maximum Gasteiger partial charge on any atom is 0.226 e. The first-order chi connectivity index (χ1) is 22.8. The SMILES string of the molecule is C=Cc1cc(CC(CC(=O)N2CCC3(CC2)OC(=C)Nc2ccccc23)C(=O)N2CCC(N3CCCCC3)CC2)cc(C)c1N.CC. The molecule has 0 aromatic heterocycles. The van der Waals surface area contributed by atoms with Crippen molar-refractivity contribution in [2.24, 2.45) is 5.92 Å². The second-order valence-electron chi connectivity index (χ2n) is 13.4. The van der Waals surface area contributed by atoms with Gasteiger partial charge in [-0.05, 0) is 87.5 Å². The summed E-state index contributed by atoms with van der Waals surface area (Å²) in [7, 11) is 0. The monoisotopic (exact) mass is 641 g/mol. The Morgan fingerprint density at radius 3 is 2.38 bits per heavy atom. The lowest BCUT2D eigenvalue weighted by Gasteiger charge is -2.46. The van der Waals surface area contributed by atoms with Gasteiger partial charge in [-0.15, -0.1) is 0 Å². The van der Waals surface area contributed by atoms with Crippen molar-refractivity contribution in [2.75, 3.05) is 50.3 Å². The van der Waals surface area contributed by atoms with Gasteiger partial charge in [-0.3, -0.25) is 9.59 Å². The summed E-state index contributed by atoms with van der Waals surface area (Å²) in [5, 5.41) is 3.24. The molecule has 0 aliphatic carbocycles. The summed E-state index contributed by atoms with van der Waals surface area (Å²) in [5.41, 5.74) is 11.5. The number of nitrogens with zero attached hydrogens (tertiary/aromatic N) is 3. The van der Waals surface area contributed by atoms with Crippen LogP contribution in [-0.2, 0) is 26.3 Å². The van der Waals surface area contributed by atoms with Crippen molar-refractivity contribution in [3.8, 4) is 0 Å². The van der Waals surface area contributed by atoms with Crippen LogP contribution < -0.4 is 11.1 Å². The Kier molecular flexibility index (Phi) is 11.3. The molecule has 6 rings (SSSR count). The number of carbonyl (C=O) groups excluding carboxylic acids is 2. The molecular weight excluding hydrogens is 586 g/mol. The van der Waals surface area contributed by atoms with E-state index < -0.39 is 11.5 Å². The summed E-state index contributed by atoms with van der Waals surface area (Å²) in [4.78, 5) is 34.7. The molecule has 3 saturated heterocycles. The molecule has 8 heteroatoms. The highest BCUT2D eigenvalue weighted by Crippen LogP contribution is 2.45. The number of rotatable bonds is 7. The largest absolute Gasteiger partial charge is 0.468 e. The van der Waals surface area contributed by atoms with Crippen LogP contribution >= 0.6 is 0 Å². The van der Waals surface area contributed by atoms with Gasteiger partial charge in [0.2, 0.25) is 11.8 Å². The fourth-order valence-corrected chi connectivity index (χ4v) is 8.00. The minimum absolute atomic E-state index is 0.0311. The first-order valence-electron chi connectivity index (χ1n) is 17.8. The maximum absolute atomic E-state index is 14.2. The van der Waals surface area contributed by atoms with Crippen LogP contribution in [0.15, 0.2) is 55.4 Å². The molecule has 3 fully saturated rings. The fourth-order valence-electron chi connectivity index (χ4n) is 8.00. The van der Waals surface area contributed by atoms with E-state index in [-0.39, 0.29) is 18.2 Å². The van der Waals surface area contributed by atoms with Crippen molar-refractivity contribution >= 4 is 29.3 Å². The third-order valence-electron chi connectivity index (χ3n) is 10.6. The van der Waals surface area contributed by atoms with Crippen LogP contribution in [0.1, 0.15) is 87.5 Å². The fraction of sp³-hybridized carbons (Fsp3) is 0.538. The summed E-state index contributed by atoms with van der Waals surface area (Å²) in [5.74, 6) is 0.233. The minimum Gasteiger partial charge on any atom is -0.468 e. The number of likely N-dealkylation sites (tertiary alicyclic amines) is 3. The second kappa shape index (κ2) is 15.4. The van der Waals surface area contributed by atoms with Crippen molar-refractivity contribution < 1.29 is 14.3 Å². The molecule has 0 radical (unpaired) electrons. The van der Waals surface area contributed by atoms with E-state index in [0.29, 0.717) is 50.0 Å². The first-order valence-corrected chi connectivity index (χ1v) is 17.8. The maximum atomic E-state index is 14.2. The zero-order valence-corrected chi connectivity index (χ0v) is 28.9. The molecule has 2 amide bonds. The van der Waals surface area contributed by atoms with Crippen LogP contribution in [0.5, 0.6) is 0 Å². The average molecular weight is 642 g/mol. The molecule has 4 aliphatic rings. The van der Waals surface area contributed by atoms with Gasteiger partial charge in [-0.2, -0.15) is 0 Å². The molecule has 4 heterocycles. The van der Waals surface area contributed by atoms with E-state index in [4.69, 9.17) is 10.5 Å². The zero-order valence-electron chi connectivity index (χ0n) is 28.9. The molecule has 1 unspecified atom stereocenters. The minimum atomic E-state index is -0.494. The number of piperidine rings is 3. The van der Waals surface area contributed by atoms with Crippen LogP contribution in [0.2, 0.25) is 0 Å². The van der Waals surface area contributed by atoms with Crippen LogP contribution in [0.3, 0.4) is 0 Å². The summed E-state index contributed by atoms with van der Waals surface area (Å²) >= 11 is 0. The van der Waals surface area contributed by atoms with Crippen LogP contribution in [0.25, 0.3) is 6.08 Å². The molecule has 47 heavy (non-hydrogen) atoms. The molecule has 0 bridgehead atoms. The van der Waals surface area contributed by atoms with Crippen LogP contribution in [-0.4, -0.2) is 71.8 Å². The molecule has 3 N–H and O–H groups in total. The van der Waals surface area contributed by atoms with E-state index in [2.05, 4.69) is 35.5 Å². The van der Waals surface area contributed by atoms with Crippen molar-refractivity contribution in [2.45, 2.75) is 90.2 Å². The van der Waals surface area contributed by atoms with Crippen molar-refractivity contribution in [3.05, 3.63) is 77.7 Å². The van der Waals surface area contributed by atoms with Gasteiger partial charge in [0.1, 0.15) is 5.60 Å². The average Bonchev–Trinajstić information content (AvgIpc) is 3.10. The number of para-hydroxylation sites is 1. The highest BCUT2D eigenvalue weighted by Gasteiger charge is 2.44. The predicted octanol–water partition coefficient (Wildman–Crippen LogP) is 6.70. The molecule has 0 saturated carbocycles. The number of hydrogen-bond donors (Lipinski definition) is 2. The van der Waals surface area contributed by atoms with E-state index in [1.807, 2.05) is 54.8 Å². The summed E-state index contributed by atoms with van der Waals surface area (Å²) in [6.45, 7) is 19.0. The molecule has 254 valence electrons. The number of carbonyl (C=O) groups is 2. The van der Waals surface area contributed by atoms with Crippen molar-refractivity contribution in [3.63, 3.8) is 0 Å². The number of nitrogens with two attached hydrogens (primary N) is 1. The standard InChI is InChI=1S/C37H49N5O3.C2H6/c1-4-29-23-28(22-26(2)35(29)38)24-30(36(44)42-18-12-31(13-19-42)40-16-8-5-9-17-40)25-34(43)41-20-14-37(15-21-41)32-10-6-7-11-33(32)39-27(3)45-37;1-2/h4,6-7,10-11,22-23,30-31,39H,1,3,5,8-9,12-21,24-25,38H2,2H3;1-2H3. The third-order valence-corrected chi connectivity index (χ3v) is 10.6. The number of anilines is 2. The van der Waals surface area contributed by atoms with Gasteiger partial charge >= 0.3 is 0 Å². The van der Waals surface area contributed by atoms with Gasteiger partial charge in [-0.25, -0.2) is 0 Å². The van der Waals surface area contributed by atoms with Crippen LogP contribution in [0.4, 0.5) is 11.4 Å². The van der Waals surface area contributed by atoms with Gasteiger partial charge in [-0.1, -0.05) is 57.2 Å². The molecule has 2 aromatic carbocycles. The molecule has 4 aliphatic heterocycles. The van der Waals surface area contributed by atoms with Crippen molar-refractivity contribution in [1.82, 2.24) is 14.7 Å². The molecule has 1 atom stereocenters. The third kappa shape index (κ3) is 7.69. The number of ether oxygens (including phenoxy) is 1. The molecular formula is C39H55N5O3. The Morgan fingerprint density at radius 2 is 1.70 bits per heavy atom. The zero-order chi connectivity index (χ0) is 33.6. The number of benzene rings is 2. The van der Waals surface area contributed by atoms with E-state index in [1.165, 1.54) is 32.4 Å². The number of aryl methyl sites for hydroxylation is 1. The number of amides is 2. The van der Waals surface area contributed by atoms with E-state index >= 15 is 0 Å². The number of nitrogens with one attached hydrogen (secondary N) is 1. The van der Waals surface area contributed by atoms with E-state index in [0.717, 1.165) is 53.9 Å². The first kappa shape index (κ1) is 34.6. The Labute approximate surface area is 282 Å². The quantitative estimate of drug-likeness (QED) is 0.327. The van der Waals surface area contributed by atoms with E-state index in [1.54, 1.807) is 6.08 Å². The predicted molar refractivity (Wildman–Crippen MR) is 192 cm³/mol. The lowest BCUT2D eigenvalue weighted by molar-refractivity contribution is -0.145. The van der Waals surface area contributed by atoms with Crippen LogP contribution in [0, 0.1) is 12.8 Å². The number of fused-ring (bicyclic) bond motifs is 2. The van der Waals surface area contributed by atoms with Gasteiger partial charge in [0.15, 0.2) is 5.88 Å². The Balaban J connectivity index is 0.00000213. The Bertz CT molecular complexity index is 1430. The second-order valence-corrected chi connectivity index (χ2v) is 13.4. The highest BCUT2D eigenvalue weighted by atomic mass is 16.5. The molecule has 8 nitrogen and oxygen atoms in total. The van der Waals surface area contributed by atoms with E-state index in [9.17, 15) is 9.59 Å². The summed E-state index contributed by atoms with van der Waals surface area (Å²) in [6.07, 6.45) is 9.70. The lowest BCUT2D eigenvalue weighted by Crippen LogP contribution is -2.51. The lowest BCUT2D eigenvalue weighted by atomic mass is 9.82.